The van der Waals surface area contributed by atoms with Gasteiger partial charge in [0.05, 0.1) is 21.5 Å². The molecule has 0 N–H and O–H groups in total. The molecule has 6 nitrogen and oxygen atoms in total. The highest BCUT2D eigenvalue weighted by Gasteiger charge is 2.31. The molecule has 0 unspecified atom stereocenters. The van der Waals surface area contributed by atoms with E-state index in [4.69, 9.17) is 0 Å². The molecule has 0 spiro atoms. The Bertz CT molecular complexity index is 953. The summed E-state index contributed by atoms with van der Waals surface area (Å²) in [6.45, 7) is 9.30. The molecule has 3 heterocycles. The molecule has 4 rings (SSSR count). The second-order valence-corrected chi connectivity index (χ2v) is 9.81. The molecule has 2 aromatic rings. The summed E-state index contributed by atoms with van der Waals surface area (Å²) in [5.41, 5.74) is 3.59. The summed E-state index contributed by atoms with van der Waals surface area (Å²) in [5.74, 6) is 1.11. The number of amides is 2. The number of piperidine rings is 2. The van der Waals surface area contributed by atoms with Crippen LogP contribution in [0.25, 0.3) is 5.69 Å². The third-order valence-corrected chi connectivity index (χ3v) is 7.94. The van der Waals surface area contributed by atoms with Crippen LogP contribution in [-0.2, 0) is 4.79 Å². The maximum Gasteiger partial charge on any atom is 0.253 e. The number of nitrogens with zero attached hydrogens (tertiary/aromatic N) is 4. The first-order valence-corrected chi connectivity index (χ1v) is 12.0. The van der Waals surface area contributed by atoms with E-state index in [-0.39, 0.29) is 11.8 Å². The van der Waals surface area contributed by atoms with Crippen molar-refractivity contribution in [3.05, 3.63) is 45.7 Å². The van der Waals surface area contributed by atoms with E-state index >= 15 is 0 Å². The smallest absolute Gasteiger partial charge is 0.253 e. The van der Waals surface area contributed by atoms with Gasteiger partial charge in [-0.05, 0) is 85.6 Å². The molecule has 166 valence electrons. The molecule has 2 amide bonds. The lowest BCUT2D eigenvalue weighted by atomic mass is 9.92. The molecule has 0 atom stereocenters. The van der Waals surface area contributed by atoms with Crippen LogP contribution < -0.4 is 0 Å². The van der Waals surface area contributed by atoms with Gasteiger partial charge in [0, 0.05) is 37.7 Å². The van der Waals surface area contributed by atoms with Gasteiger partial charge in [-0.2, -0.15) is 5.10 Å². The van der Waals surface area contributed by atoms with Crippen LogP contribution >= 0.6 is 15.9 Å². The first-order chi connectivity index (χ1) is 14.8. The largest absolute Gasteiger partial charge is 0.342 e. The van der Waals surface area contributed by atoms with Crippen molar-refractivity contribution in [1.82, 2.24) is 19.6 Å². The predicted molar refractivity (Wildman–Crippen MR) is 124 cm³/mol. The molecule has 2 fully saturated rings. The van der Waals surface area contributed by atoms with Gasteiger partial charge in [0.1, 0.15) is 0 Å². The normalized spacial score (nSPS) is 18.5. The van der Waals surface area contributed by atoms with E-state index in [1.165, 1.54) is 0 Å². The minimum atomic E-state index is 0.0406. The average molecular weight is 487 g/mol. The standard InChI is InChI=1S/C24H31BrN4O2/c1-16-8-12-27(13-9-16)24(31)20-10-14-28(15-11-20)23(30)19-4-6-21(7-5-19)29-18(3)22(25)17(2)26-29/h4-7,16,20H,8-15H2,1-3H3. The number of hydrogen-bond donors (Lipinski definition) is 0. The van der Waals surface area contributed by atoms with Crippen LogP contribution in [0.4, 0.5) is 0 Å². The number of hydrogen-bond acceptors (Lipinski definition) is 3. The summed E-state index contributed by atoms with van der Waals surface area (Å²) < 4.78 is 2.88. The number of benzene rings is 1. The van der Waals surface area contributed by atoms with Gasteiger partial charge in [-0.15, -0.1) is 0 Å². The summed E-state index contributed by atoms with van der Waals surface area (Å²) in [5, 5.41) is 4.55. The second kappa shape index (κ2) is 9.15. The van der Waals surface area contributed by atoms with E-state index in [2.05, 4.69) is 28.0 Å². The molecule has 1 aromatic heterocycles. The number of aromatic nitrogens is 2. The van der Waals surface area contributed by atoms with E-state index in [9.17, 15) is 9.59 Å². The summed E-state index contributed by atoms with van der Waals surface area (Å²) in [4.78, 5) is 29.8. The van der Waals surface area contributed by atoms with Crippen LogP contribution in [0.15, 0.2) is 28.7 Å². The number of aryl methyl sites for hydroxylation is 1. The maximum atomic E-state index is 13.0. The van der Waals surface area contributed by atoms with Crippen molar-refractivity contribution in [3.63, 3.8) is 0 Å². The summed E-state index contributed by atoms with van der Waals surface area (Å²) in [6, 6.07) is 7.61. The maximum absolute atomic E-state index is 13.0. The van der Waals surface area contributed by atoms with Crippen molar-refractivity contribution in [2.75, 3.05) is 26.2 Å². The fourth-order valence-electron chi connectivity index (χ4n) is 4.62. The fourth-order valence-corrected chi connectivity index (χ4v) is 4.87. The van der Waals surface area contributed by atoms with Crippen LogP contribution in [0.2, 0.25) is 0 Å². The van der Waals surface area contributed by atoms with Crippen LogP contribution in [0, 0.1) is 25.7 Å². The summed E-state index contributed by atoms with van der Waals surface area (Å²) in [7, 11) is 0. The van der Waals surface area contributed by atoms with Crippen LogP contribution in [0.5, 0.6) is 0 Å². The summed E-state index contributed by atoms with van der Waals surface area (Å²) >= 11 is 3.56. The van der Waals surface area contributed by atoms with E-state index in [1.54, 1.807) is 0 Å². The number of halogens is 1. The molecule has 1 aromatic carbocycles. The second-order valence-electron chi connectivity index (χ2n) is 9.02. The van der Waals surface area contributed by atoms with Crippen LogP contribution in [-0.4, -0.2) is 57.6 Å². The number of rotatable bonds is 3. The molecule has 7 heteroatoms. The molecule has 0 radical (unpaired) electrons. The highest BCUT2D eigenvalue weighted by molar-refractivity contribution is 9.10. The Kier molecular flexibility index (Phi) is 6.51. The molecule has 0 aliphatic carbocycles. The SMILES string of the molecule is Cc1nn(-c2ccc(C(=O)N3CCC(C(=O)N4CCC(C)CC4)CC3)cc2)c(C)c1Br. The Labute approximate surface area is 192 Å². The summed E-state index contributed by atoms with van der Waals surface area (Å²) in [6.07, 6.45) is 3.73. The lowest BCUT2D eigenvalue weighted by molar-refractivity contribution is -0.138. The minimum Gasteiger partial charge on any atom is -0.342 e. The number of carbonyl (C=O) groups is 2. The number of carbonyl (C=O) groups excluding carboxylic acids is 2. The molecular weight excluding hydrogens is 456 g/mol. The van der Waals surface area contributed by atoms with Gasteiger partial charge in [-0.1, -0.05) is 6.92 Å². The first kappa shape index (κ1) is 22.1. The Balaban J connectivity index is 1.35. The monoisotopic (exact) mass is 486 g/mol. The fraction of sp³-hybridized carbons (Fsp3) is 0.542. The van der Waals surface area contributed by atoms with Crippen molar-refractivity contribution >= 4 is 27.7 Å². The van der Waals surface area contributed by atoms with E-state index in [1.807, 2.05) is 52.6 Å². The van der Waals surface area contributed by atoms with Gasteiger partial charge in [-0.3, -0.25) is 9.59 Å². The van der Waals surface area contributed by atoms with Crippen molar-refractivity contribution in [2.24, 2.45) is 11.8 Å². The third kappa shape index (κ3) is 4.56. The zero-order chi connectivity index (χ0) is 22.1. The van der Waals surface area contributed by atoms with Crippen molar-refractivity contribution in [2.45, 2.75) is 46.5 Å². The quantitative estimate of drug-likeness (QED) is 0.647. The topological polar surface area (TPSA) is 58.4 Å². The molecular formula is C24H31BrN4O2. The zero-order valence-electron chi connectivity index (χ0n) is 18.6. The van der Waals surface area contributed by atoms with Crippen LogP contribution in [0.3, 0.4) is 0 Å². The van der Waals surface area contributed by atoms with Gasteiger partial charge in [0.15, 0.2) is 0 Å². The van der Waals surface area contributed by atoms with Gasteiger partial charge < -0.3 is 9.80 Å². The Hall–Kier alpha value is -2.15. The minimum absolute atomic E-state index is 0.0406. The van der Waals surface area contributed by atoms with Crippen LogP contribution in [0.1, 0.15) is 54.4 Å². The van der Waals surface area contributed by atoms with Gasteiger partial charge in [-0.25, -0.2) is 4.68 Å². The lowest BCUT2D eigenvalue weighted by Gasteiger charge is -2.36. The highest BCUT2D eigenvalue weighted by Crippen LogP contribution is 2.26. The Morgan fingerprint density at radius 3 is 2.06 bits per heavy atom. The molecule has 31 heavy (non-hydrogen) atoms. The van der Waals surface area contributed by atoms with Crippen molar-refractivity contribution in [1.29, 1.82) is 0 Å². The van der Waals surface area contributed by atoms with Gasteiger partial charge in [0.2, 0.25) is 5.91 Å². The van der Waals surface area contributed by atoms with E-state index in [0.29, 0.717) is 24.6 Å². The first-order valence-electron chi connectivity index (χ1n) is 11.3. The molecule has 2 aliphatic heterocycles. The zero-order valence-corrected chi connectivity index (χ0v) is 20.2. The highest BCUT2D eigenvalue weighted by atomic mass is 79.9. The van der Waals surface area contributed by atoms with Crippen molar-refractivity contribution in [3.8, 4) is 5.69 Å². The molecule has 2 aliphatic rings. The molecule has 0 saturated carbocycles. The number of likely N-dealkylation sites (tertiary alicyclic amines) is 2. The molecule has 2 saturated heterocycles. The van der Waals surface area contributed by atoms with E-state index in [0.717, 1.165) is 66.2 Å². The van der Waals surface area contributed by atoms with Gasteiger partial charge in [0.25, 0.3) is 5.91 Å². The predicted octanol–water partition coefficient (Wildman–Crippen LogP) is 4.36. The average Bonchev–Trinajstić information content (AvgIpc) is 3.06. The Morgan fingerprint density at radius 1 is 0.935 bits per heavy atom. The third-order valence-electron chi connectivity index (χ3n) is 6.79. The lowest BCUT2D eigenvalue weighted by Crippen LogP contribution is -2.46. The van der Waals surface area contributed by atoms with Crippen molar-refractivity contribution < 1.29 is 9.59 Å². The van der Waals surface area contributed by atoms with Gasteiger partial charge >= 0.3 is 0 Å². The Morgan fingerprint density at radius 2 is 1.52 bits per heavy atom. The molecule has 0 bridgehead atoms. The van der Waals surface area contributed by atoms with E-state index < -0.39 is 0 Å².